The Morgan fingerprint density at radius 2 is 1.13 bits per heavy atom. The van der Waals surface area contributed by atoms with Crippen LogP contribution in [0, 0.1) is 34.6 Å². The maximum absolute atomic E-state index is 5.67. The van der Waals surface area contributed by atoms with Gasteiger partial charge in [-0.1, -0.05) is 0 Å². The SMILES string of the molecule is Cc1ccc(Nc2ncnc(OC(C)C)c2C)c(C)n1.Cc1ncccc1Nc1ncnc(OC(C)C)c1C. The smallest absolute Gasteiger partial charge is 0.221 e. The fraction of sp³-hybridized carbons (Fsp3) is 0.379. The summed E-state index contributed by atoms with van der Waals surface area (Å²) < 4.78 is 11.3. The molecule has 10 heteroatoms. The van der Waals surface area contributed by atoms with Crippen molar-refractivity contribution in [2.24, 2.45) is 0 Å². The molecule has 10 nitrogen and oxygen atoms in total. The summed E-state index contributed by atoms with van der Waals surface area (Å²) in [5.41, 5.74) is 6.51. The third kappa shape index (κ3) is 8.33. The molecule has 0 amide bonds. The van der Waals surface area contributed by atoms with Gasteiger partial charge in [-0.15, -0.1) is 0 Å². The number of pyridine rings is 2. The minimum absolute atomic E-state index is 0.0826. The van der Waals surface area contributed by atoms with Gasteiger partial charge in [-0.3, -0.25) is 9.97 Å². The van der Waals surface area contributed by atoms with Crippen molar-refractivity contribution in [1.82, 2.24) is 29.9 Å². The Labute approximate surface area is 230 Å². The van der Waals surface area contributed by atoms with Crippen LogP contribution in [0.15, 0.2) is 43.1 Å². The number of hydrogen-bond donors (Lipinski definition) is 2. The van der Waals surface area contributed by atoms with Crippen molar-refractivity contribution in [2.75, 3.05) is 10.6 Å². The molecule has 4 heterocycles. The molecule has 0 bridgehead atoms. The molecule has 2 N–H and O–H groups in total. The average Bonchev–Trinajstić information content (AvgIpc) is 2.87. The van der Waals surface area contributed by atoms with E-state index in [1.807, 2.05) is 86.6 Å². The highest BCUT2D eigenvalue weighted by Gasteiger charge is 2.12. The first kappa shape index (κ1) is 29.2. The van der Waals surface area contributed by atoms with E-state index in [9.17, 15) is 0 Å². The number of ether oxygens (including phenoxy) is 2. The Bertz CT molecular complexity index is 1390. The van der Waals surface area contributed by atoms with Crippen LogP contribution in [0.25, 0.3) is 0 Å². The van der Waals surface area contributed by atoms with E-state index >= 15 is 0 Å². The molecule has 0 radical (unpaired) electrons. The van der Waals surface area contributed by atoms with Gasteiger partial charge < -0.3 is 20.1 Å². The van der Waals surface area contributed by atoms with Crippen LogP contribution >= 0.6 is 0 Å². The zero-order valence-corrected chi connectivity index (χ0v) is 24.2. The first-order chi connectivity index (χ1) is 18.5. The second kappa shape index (κ2) is 13.5. The molecule has 39 heavy (non-hydrogen) atoms. The molecule has 0 atom stereocenters. The van der Waals surface area contributed by atoms with E-state index in [2.05, 4.69) is 40.5 Å². The van der Waals surface area contributed by atoms with Crippen LogP contribution in [0.1, 0.15) is 55.9 Å². The van der Waals surface area contributed by atoms with E-state index in [0.29, 0.717) is 11.8 Å². The number of aryl methyl sites for hydroxylation is 3. The lowest BCUT2D eigenvalue weighted by Crippen LogP contribution is -2.10. The summed E-state index contributed by atoms with van der Waals surface area (Å²) in [6, 6.07) is 7.82. The number of aromatic nitrogens is 6. The zero-order chi connectivity index (χ0) is 28.5. The monoisotopic (exact) mass is 530 g/mol. The Kier molecular flexibility index (Phi) is 10.1. The second-order valence-electron chi connectivity index (χ2n) is 9.61. The molecule has 0 saturated carbocycles. The first-order valence-electron chi connectivity index (χ1n) is 12.9. The number of hydrogen-bond acceptors (Lipinski definition) is 10. The number of nitrogens with one attached hydrogen (secondary N) is 2. The van der Waals surface area contributed by atoms with E-state index in [1.54, 1.807) is 6.20 Å². The molecule has 206 valence electrons. The molecule has 0 aliphatic heterocycles. The molecule has 0 spiro atoms. The molecule has 0 fully saturated rings. The summed E-state index contributed by atoms with van der Waals surface area (Å²) in [5, 5.41) is 6.55. The predicted molar refractivity (Wildman–Crippen MR) is 154 cm³/mol. The minimum Gasteiger partial charge on any atom is -0.475 e. The van der Waals surface area contributed by atoms with Gasteiger partial charge in [0.25, 0.3) is 0 Å². The van der Waals surface area contributed by atoms with Crippen molar-refractivity contribution < 1.29 is 9.47 Å². The maximum Gasteiger partial charge on any atom is 0.221 e. The molecule has 0 unspecified atom stereocenters. The van der Waals surface area contributed by atoms with E-state index in [0.717, 1.165) is 51.2 Å². The molecule has 0 aromatic carbocycles. The molecular weight excluding hydrogens is 492 g/mol. The fourth-order valence-electron chi connectivity index (χ4n) is 3.49. The summed E-state index contributed by atoms with van der Waals surface area (Å²) in [5.74, 6) is 2.69. The van der Waals surface area contributed by atoms with E-state index < -0.39 is 0 Å². The molecule has 4 aromatic rings. The summed E-state index contributed by atoms with van der Waals surface area (Å²) in [7, 11) is 0. The highest BCUT2D eigenvalue weighted by atomic mass is 16.5. The Morgan fingerprint density at radius 3 is 1.59 bits per heavy atom. The van der Waals surface area contributed by atoms with Crippen molar-refractivity contribution in [3.8, 4) is 11.8 Å². The maximum atomic E-state index is 5.67. The first-order valence-corrected chi connectivity index (χ1v) is 12.9. The lowest BCUT2D eigenvalue weighted by Gasteiger charge is -2.15. The van der Waals surface area contributed by atoms with Gasteiger partial charge in [0.05, 0.1) is 46.1 Å². The third-order valence-corrected chi connectivity index (χ3v) is 5.51. The summed E-state index contributed by atoms with van der Waals surface area (Å²) in [4.78, 5) is 25.5. The van der Waals surface area contributed by atoms with Crippen molar-refractivity contribution >= 4 is 23.0 Å². The summed E-state index contributed by atoms with van der Waals surface area (Å²) in [6.45, 7) is 17.7. The van der Waals surface area contributed by atoms with Crippen molar-refractivity contribution in [3.63, 3.8) is 0 Å². The van der Waals surface area contributed by atoms with Crippen LogP contribution < -0.4 is 20.1 Å². The van der Waals surface area contributed by atoms with Crippen molar-refractivity contribution in [3.05, 3.63) is 71.3 Å². The molecule has 4 rings (SSSR count). The van der Waals surface area contributed by atoms with Crippen LogP contribution in [0.3, 0.4) is 0 Å². The lowest BCUT2D eigenvalue weighted by molar-refractivity contribution is 0.230. The molecule has 0 aliphatic rings. The van der Waals surface area contributed by atoms with Gasteiger partial charge >= 0.3 is 0 Å². The highest BCUT2D eigenvalue weighted by molar-refractivity contribution is 5.63. The molecule has 0 saturated heterocycles. The van der Waals surface area contributed by atoms with Crippen LogP contribution in [0.2, 0.25) is 0 Å². The van der Waals surface area contributed by atoms with E-state index in [4.69, 9.17) is 9.47 Å². The Balaban J connectivity index is 0.000000216. The Hall–Kier alpha value is -4.34. The van der Waals surface area contributed by atoms with Crippen LogP contribution in [-0.2, 0) is 0 Å². The topological polar surface area (TPSA) is 120 Å². The number of anilines is 4. The van der Waals surface area contributed by atoms with Gasteiger partial charge in [0.15, 0.2) is 0 Å². The normalized spacial score (nSPS) is 10.6. The van der Waals surface area contributed by atoms with Gasteiger partial charge in [-0.05, 0) is 86.6 Å². The average molecular weight is 531 g/mol. The van der Waals surface area contributed by atoms with E-state index in [-0.39, 0.29) is 12.2 Å². The number of rotatable bonds is 8. The van der Waals surface area contributed by atoms with Crippen molar-refractivity contribution in [2.45, 2.75) is 74.5 Å². The lowest BCUT2D eigenvalue weighted by atomic mass is 10.2. The standard InChI is InChI=1S/C15H20N4O.C14H18N4O/c1-9(2)20-15-11(4)14(16-8-17-15)19-13-7-6-10(3)18-12(13)5;1-9(2)19-14-10(3)13(16-8-17-14)18-12-6-5-7-15-11(12)4/h6-9H,1-5H3,(H,16,17,19);5-9H,1-4H3,(H,16,17,18). The highest BCUT2D eigenvalue weighted by Crippen LogP contribution is 2.26. The largest absolute Gasteiger partial charge is 0.475 e. The Morgan fingerprint density at radius 1 is 0.615 bits per heavy atom. The minimum atomic E-state index is 0.0826. The molecule has 4 aromatic heterocycles. The van der Waals surface area contributed by atoms with Crippen LogP contribution in [0.5, 0.6) is 11.8 Å². The van der Waals surface area contributed by atoms with Crippen LogP contribution in [-0.4, -0.2) is 42.1 Å². The fourth-order valence-corrected chi connectivity index (χ4v) is 3.49. The van der Waals surface area contributed by atoms with Gasteiger partial charge in [0.1, 0.15) is 24.3 Å². The molecule has 0 aliphatic carbocycles. The molecular formula is C29H38N8O2. The zero-order valence-electron chi connectivity index (χ0n) is 24.2. The van der Waals surface area contributed by atoms with Gasteiger partial charge in [0.2, 0.25) is 11.8 Å². The number of nitrogens with zero attached hydrogens (tertiary/aromatic N) is 6. The summed E-state index contributed by atoms with van der Waals surface area (Å²) >= 11 is 0. The van der Waals surface area contributed by atoms with Gasteiger partial charge in [0, 0.05) is 11.9 Å². The van der Waals surface area contributed by atoms with Gasteiger partial charge in [-0.2, -0.15) is 0 Å². The third-order valence-electron chi connectivity index (χ3n) is 5.51. The second-order valence-corrected chi connectivity index (χ2v) is 9.61. The van der Waals surface area contributed by atoms with Crippen molar-refractivity contribution in [1.29, 1.82) is 0 Å². The quantitative estimate of drug-likeness (QED) is 0.267. The van der Waals surface area contributed by atoms with E-state index in [1.165, 1.54) is 12.7 Å². The predicted octanol–water partition coefficient (Wildman–Crippen LogP) is 6.35. The van der Waals surface area contributed by atoms with Gasteiger partial charge in [-0.25, -0.2) is 19.9 Å². The van der Waals surface area contributed by atoms with Crippen LogP contribution in [0.4, 0.5) is 23.0 Å². The summed E-state index contributed by atoms with van der Waals surface area (Å²) in [6.07, 6.45) is 4.93.